The van der Waals surface area contributed by atoms with Crippen molar-refractivity contribution in [1.29, 1.82) is 0 Å². The lowest BCUT2D eigenvalue weighted by atomic mass is 10.1. The molecule has 15 heteroatoms. The van der Waals surface area contributed by atoms with Gasteiger partial charge >= 0.3 is 0 Å². The van der Waals surface area contributed by atoms with Crippen LogP contribution >= 0.6 is 0 Å². The van der Waals surface area contributed by atoms with E-state index in [1.165, 1.54) is 23.8 Å². The summed E-state index contributed by atoms with van der Waals surface area (Å²) in [6.45, 7) is 8.29. The van der Waals surface area contributed by atoms with Crippen LogP contribution in [-0.2, 0) is 22.9 Å². The summed E-state index contributed by atoms with van der Waals surface area (Å²) in [6, 6.07) is 8.49. The molecule has 1 saturated heterocycles. The molecule has 3 aromatic heterocycles. The number of halogens is 1. The number of anilines is 2. The summed E-state index contributed by atoms with van der Waals surface area (Å²) in [4.78, 5) is 11.4. The van der Waals surface area contributed by atoms with Gasteiger partial charge in [-0.1, -0.05) is 6.07 Å². The van der Waals surface area contributed by atoms with Gasteiger partial charge in [0.25, 0.3) is 0 Å². The lowest BCUT2D eigenvalue weighted by Crippen LogP contribution is -2.43. The molecule has 1 fully saturated rings. The number of nitrogens with zero attached hydrogens (tertiary/aromatic N) is 7. The zero-order valence-corrected chi connectivity index (χ0v) is 27.4. The zero-order chi connectivity index (χ0) is 33.0. The van der Waals surface area contributed by atoms with Crippen LogP contribution in [0.2, 0.25) is 0 Å². The molecule has 0 aliphatic carbocycles. The van der Waals surface area contributed by atoms with Crippen molar-refractivity contribution in [1.82, 2.24) is 29.4 Å². The minimum Gasteiger partial charge on any atom is -0.497 e. The number of hydrogen-bond donors (Lipinski definition) is 2. The van der Waals surface area contributed by atoms with Crippen LogP contribution in [0.25, 0.3) is 16.6 Å². The number of ether oxygens (including phenoxy) is 2. The first-order chi connectivity index (χ1) is 21.8. The summed E-state index contributed by atoms with van der Waals surface area (Å²) in [5, 5.41) is 22.0. The van der Waals surface area contributed by atoms with Crippen LogP contribution in [0.3, 0.4) is 0 Å². The molecule has 0 radical (unpaired) electrons. The summed E-state index contributed by atoms with van der Waals surface area (Å²) in [5.41, 5.74) is 3.26. The number of aromatic nitrogens is 6. The van der Waals surface area contributed by atoms with E-state index in [1.807, 2.05) is 36.9 Å². The molecule has 2 N–H and O–H groups in total. The Morgan fingerprint density at radius 2 is 1.91 bits per heavy atom. The monoisotopic (exact) mass is 652 g/mol. The Morgan fingerprint density at radius 1 is 1.13 bits per heavy atom. The Bertz CT molecular complexity index is 2050. The predicted octanol–water partition coefficient (Wildman–Crippen LogP) is 3.61. The fraction of sp³-hybridized carbons (Fsp3) is 0.419. The van der Waals surface area contributed by atoms with Crippen molar-refractivity contribution in [2.45, 2.75) is 51.6 Å². The third-order valence-corrected chi connectivity index (χ3v) is 10.2. The molecule has 1 atom stereocenters. The lowest BCUT2D eigenvalue weighted by molar-refractivity contribution is 0.0571. The standard InChI is InChI=1S/C31H37FN8O5S/c1-18-11-21(44-5)8-7-20(18)14-33-30-35-24-13-26(45-6)23(32)12-22(24)29-36-28(37-40(29)30)27-16-38(9-10-46(27,42)43)25-15-34-39(19(25)2)17-31(3,4)41/h7-8,11-13,15,27,41H,9-10,14,16-17H2,1-6H3,(H,33,35). The third kappa shape index (κ3) is 5.91. The van der Waals surface area contributed by atoms with Crippen molar-refractivity contribution in [2.24, 2.45) is 0 Å². The van der Waals surface area contributed by atoms with Crippen LogP contribution in [0.5, 0.6) is 11.5 Å². The molecule has 0 saturated carbocycles. The molecule has 1 aliphatic rings. The lowest BCUT2D eigenvalue weighted by Gasteiger charge is -2.32. The number of benzene rings is 2. The van der Waals surface area contributed by atoms with Gasteiger partial charge in [0.15, 0.2) is 32.9 Å². The van der Waals surface area contributed by atoms with E-state index in [0.717, 1.165) is 28.3 Å². The number of aliphatic hydroxyl groups is 1. The van der Waals surface area contributed by atoms with E-state index < -0.39 is 26.5 Å². The fourth-order valence-electron chi connectivity index (χ4n) is 5.72. The Kier molecular flexibility index (Phi) is 8.01. The highest BCUT2D eigenvalue weighted by atomic mass is 32.2. The van der Waals surface area contributed by atoms with Gasteiger partial charge in [-0.25, -0.2) is 22.8 Å². The second kappa shape index (κ2) is 11.7. The van der Waals surface area contributed by atoms with Crippen LogP contribution in [0.4, 0.5) is 16.0 Å². The van der Waals surface area contributed by atoms with E-state index in [9.17, 15) is 17.9 Å². The first kappa shape index (κ1) is 31.5. The maximum Gasteiger partial charge on any atom is 0.226 e. The molecule has 5 aromatic rings. The highest BCUT2D eigenvalue weighted by molar-refractivity contribution is 7.91. The minimum absolute atomic E-state index is 0.0204. The van der Waals surface area contributed by atoms with Gasteiger partial charge in [-0.2, -0.15) is 9.61 Å². The Hall–Kier alpha value is -4.50. The third-order valence-electron chi connectivity index (χ3n) is 8.26. The molecule has 6 rings (SSSR count). The van der Waals surface area contributed by atoms with Gasteiger partial charge in [0.05, 0.1) is 55.2 Å². The zero-order valence-electron chi connectivity index (χ0n) is 26.6. The first-order valence-electron chi connectivity index (χ1n) is 14.8. The highest BCUT2D eigenvalue weighted by Gasteiger charge is 2.38. The van der Waals surface area contributed by atoms with Crippen molar-refractivity contribution >= 4 is 38.0 Å². The van der Waals surface area contributed by atoms with Gasteiger partial charge in [0.2, 0.25) is 5.95 Å². The molecule has 13 nitrogen and oxygen atoms in total. The van der Waals surface area contributed by atoms with Crippen LogP contribution in [0, 0.1) is 19.7 Å². The molecular formula is C31H37FN8O5S. The van der Waals surface area contributed by atoms with Gasteiger partial charge in [0.1, 0.15) is 11.0 Å². The maximum absolute atomic E-state index is 14.9. The molecule has 0 spiro atoms. The molecule has 0 amide bonds. The number of aryl methyl sites for hydroxylation is 1. The SMILES string of the molecule is COc1ccc(CNc2nc3cc(OC)c(F)cc3c3nc(C4CN(c5cnn(CC(C)(C)O)c5C)CCS4(=O)=O)nn23)c(C)c1. The van der Waals surface area contributed by atoms with E-state index in [2.05, 4.69) is 15.5 Å². The number of nitrogens with one attached hydrogen (secondary N) is 1. The minimum atomic E-state index is -3.65. The molecular weight excluding hydrogens is 615 g/mol. The van der Waals surface area contributed by atoms with Gasteiger partial charge in [0, 0.05) is 31.1 Å². The van der Waals surface area contributed by atoms with Gasteiger partial charge in [-0.3, -0.25) is 4.68 Å². The summed E-state index contributed by atoms with van der Waals surface area (Å²) in [5.74, 6) is 0.431. The van der Waals surface area contributed by atoms with E-state index in [1.54, 1.807) is 31.8 Å². The first-order valence-corrected chi connectivity index (χ1v) is 16.5. The number of hydrogen-bond acceptors (Lipinski definition) is 11. The average molecular weight is 653 g/mol. The largest absolute Gasteiger partial charge is 0.497 e. The Morgan fingerprint density at radius 3 is 2.61 bits per heavy atom. The topological polar surface area (TPSA) is 149 Å². The smallest absolute Gasteiger partial charge is 0.226 e. The van der Waals surface area contributed by atoms with Gasteiger partial charge < -0.3 is 24.8 Å². The van der Waals surface area contributed by atoms with Crippen molar-refractivity contribution in [3.63, 3.8) is 0 Å². The maximum atomic E-state index is 14.9. The van der Waals surface area contributed by atoms with Crippen LogP contribution in [0.15, 0.2) is 36.5 Å². The molecule has 244 valence electrons. The van der Waals surface area contributed by atoms with E-state index in [4.69, 9.17) is 19.4 Å². The Balaban J connectivity index is 1.41. The van der Waals surface area contributed by atoms with E-state index >= 15 is 0 Å². The summed E-state index contributed by atoms with van der Waals surface area (Å²) < 4.78 is 55.6. The van der Waals surface area contributed by atoms with Crippen molar-refractivity contribution < 1.29 is 27.4 Å². The van der Waals surface area contributed by atoms with E-state index in [0.29, 0.717) is 23.4 Å². The molecule has 0 bridgehead atoms. The fourth-order valence-corrected chi connectivity index (χ4v) is 7.31. The highest BCUT2D eigenvalue weighted by Crippen LogP contribution is 2.34. The van der Waals surface area contributed by atoms with E-state index in [-0.39, 0.29) is 42.6 Å². The summed E-state index contributed by atoms with van der Waals surface area (Å²) >= 11 is 0. The van der Waals surface area contributed by atoms with Crippen LogP contribution < -0.4 is 19.7 Å². The van der Waals surface area contributed by atoms with Crippen molar-refractivity contribution in [3.8, 4) is 11.5 Å². The number of sulfone groups is 1. The summed E-state index contributed by atoms with van der Waals surface area (Å²) in [7, 11) is -0.661. The van der Waals surface area contributed by atoms with Crippen molar-refractivity contribution in [3.05, 3.63) is 65.0 Å². The molecule has 2 aromatic carbocycles. The van der Waals surface area contributed by atoms with Crippen LogP contribution in [0.1, 0.15) is 41.7 Å². The molecule has 4 heterocycles. The predicted molar refractivity (Wildman–Crippen MR) is 172 cm³/mol. The van der Waals surface area contributed by atoms with Crippen molar-refractivity contribution in [2.75, 3.05) is 43.3 Å². The number of rotatable bonds is 9. The normalized spacial score (nSPS) is 16.7. The quantitative estimate of drug-likeness (QED) is 0.241. The molecule has 1 unspecified atom stereocenters. The Labute approximate surface area is 265 Å². The molecule has 1 aliphatic heterocycles. The summed E-state index contributed by atoms with van der Waals surface area (Å²) in [6.07, 6.45) is 1.68. The van der Waals surface area contributed by atoms with Gasteiger partial charge in [-0.05, 0) is 57.0 Å². The van der Waals surface area contributed by atoms with Gasteiger partial charge in [-0.15, -0.1) is 5.10 Å². The molecule has 46 heavy (non-hydrogen) atoms. The second-order valence-electron chi connectivity index (χ2n) is 12.2. The number of fused-ring (bicyclic) bond motifs is 3. The average Bonchev–Trinajstić information content (AvgIpc) is 3.59. The van der Waals surface area contributed by atoms with Crippen LogP contribution in [-0.4, -0.2) is 81.5 Å². The second-order valence-corrected chi connectivity index (χ2v) is 14.5. The number of methoxy groups -OCH3 is 2.